The summed E-state index contributed by atoms with van der Waals surface area (Å²) in [4.78, 5) is 10.4. The maximum absolute atomic E-state index is 5.47. The lowest BCUT2D eigenvalue weighted by Crippen LogP contribution is -2.36. The number of hydrogen-bond donors (Lipinski definition) is 1. The maximum Gasteiger partial charge on any atom is 0.137 e. The molecule has 2 aromatic carbocycles. The van der Waals surface area contributed by atoms with Crippen LogP contribution >= 0.6 is 0 Å². The first-order valence-electron chi connectivity index (χ1n) is 11.3. The summed E-state index contributed by atoms with van der Waals surface area (Å²) in [6, 6.07) is 21.3. The summed E-state index contributed by atoms with van der Waals surface area (Å²) >= 11 is 0. The van der Waals surface area contributed by atoms with Crippen LogP contribution in [0.3, 0.4) is 0 Å². The molecule has 0 radical (unpaired) electrons. The van der Waals surface area contributed by atoms with Crippen molar-refractivity contribution in [3.8, 4) is 22.3 Å². The van der Waals surface area contributed by atoms with Gasteiger partial charge in [0.2, 0.25) is 0 Å². The smallest absolute Gasteiger partial charge is 0.137 e. The number of nitrogens with zero attached hydrogens (tertiary/aromatic N) is 4. The summed E-state index contributed by atoms with van der Waals surface area (Å²) in [6.07, 6.45) is 7.98. The monoisotopic (exact) mass is 435 g/mol. The van der Waals surface area contributed by atoms with Crippen LogP contribution in [0.15, 0.2) is 85.5 Å². The van der Waals surface area contributed by atoms with E-state index in [1.165, 1.54) is 11.3 Å². The zero-order chi connectivity index (χ0) is 22.0. The first-order chi connectivity index (χ1) is 16.3. The van der Waals surface area contributed by atoms with E-state index in [1.54, 1.807) is 0 Å². The molecule has 6 nitrogen and oxygen atoms in total. The van der Waals surface area contributed by atoms with Crippen molar-refractivity contribution < 1.29 is 4.74 Å². The average molecular weight is 436 g/mol. The second kappa shape index (κ2) is 8.56. The van der Waals surface area contributed by atoms with Gasteiger partial charge in [0.25, 0.3) is 0 Å². The highest BCUT2D eigenvalue weighted by Crippen LogP contribution is 2.31. The highest BCUT2D eigenvalue weighted by Gasteiger charge is 2.13. The van der Waals surface area contributed by atoms with Crippen molar-refractivity contribution in [1.29, 1.82) is 0 Å². The minimum absolute atomic E-state index is 0.752. The Morgan fingerprint density at radius 1 is 0.879 bits per heavy atom. The summed E-state index contributed by atoms with van der Waals surface area (Å²) in [6.45, 7) is 4.22. The first kappa shape index (κ1) is 19.8. The number of pyridine rings is 1. The summed E-state index contributed by atoms with van der Waals surface area (Å²) in [7, 11) is 0. The quantitative estimate of drug-likeness (QED) is 0.423. The third kappa shape index (κ3) is 4.01. The van der Waals surface area contributed by atoms with Crippen LogP contribution in [0.2, 0.25) is 0 Å². The molecule has 0 atom stereocenters. The van der Waals surface area contributed by atoms with Gasteiger partial charge in [-0.3, -0.25) is 4.68 Å². The van der Waals surface area contributed by atoms with E-state index in [0.29, 0.717) is 0 Å². The topological polar surface area (TPSA) is 59.0 Å². The molecule has 0 spiro atoms. The zero-order valence-corrected chi connectivity index (χ0v) is 18.3. The number of morpholine rings is 1. The summed E-state index contributed by atoms with van der Waals surface area (Å²) < 4.78 is 7.44. The predicted molar refractivity (Wildman–Crippen MR) is 131 cm³/mol. The number of hydrogen-bond acceptors (Lipinski definition) is 4. The molecule has 0 amide bonds. The van der Waals surface area contributed by atoms with E-state index in [9.17, 15) is 0 Å². The lowest BCUT2D eigenvalue weighted by atomic mass is 10.0. The van der Waals surface area contributed by atoms with Gasteiger partial charge in [0.1, 0.15) is 5.65 Å². The minimum atomic E-state index is 0.752. The van der Waals surface area contributed by atoms with Crippen molar-refractivity contribution in [3.05, 3.63) is 91.0 Å². The normalized spacial score (nSPS) is 14.1. The molecule has 3 aromatic heterocycles. The van der Waals surface area contributed by atoms with E-state index in [0.717, 1.165) is 66.1 Å². The second-order valence-corrected chi connectivity index (χ2v) is 8.38. The van der Waals surface area contributed by atoms with E-state index in [4.69, 9.17) is 4.74 Å². The fourth-order valence-corrected chi connectivity index (χ4v) is 4.45. The van der Waals surface area contributed by atoms with Crippen LogP contribution < -0.4 is 4.90 Å². The highest BCUT2D eigenvalue weighted by atomic mass is 16.5. The molecular formula is C27H25N5O. The number of anilines is 1. The second-order valence-electron chi connectivity index (χ2n) is 8.38. The Morgan fingerprint density at radius 2 is 1.70 bits per heavy atom. The molecular weight excluding hydrogens is 410 g/mol. The van der Waals surface area contributed by atoms with E-state index in [2.05, 4.69) is 80.8 Å². The molecule has 164 valence electrons. The van der Waals surface area contributed by atoms with Gasteiger partial charge in [0, 0.05) is 59.4 Å². The molecule has 1 aliphatic heterocycles. The number of ether oxygens (including phenoxy) is 1. The molecule has 33 heavy (non-hydrogen) atoms. The minimum Gasteiger partial charge on any atom is -0.378 e. The number of aromatic amines is 1. The number of aromatic nitrogens is 4. The number of nitrogens with one attached hydrogen (secondary N) is 1. The summed E-state index contributed by atoms with van der Waals surface area (Å²) in [5.74, 6) is 0. The van der Waals surface area contributed by atoms with Crippen molar-refractivity contribution in [3.63, 3.8) is 0 Å². The van der Waals surface area contributed by atoms with Gasteiger partial charge in [0.05, 0.1) is 26.0 Å². The first-order valence-corrected chi connectivity index (χ1v) is 11.3. The van der Waals surface area contributed by atoms with Crippen molar-refractivity contribution in [2.24, 2.45) is 0 Å². The number of fused-ring (bicyclic) bond motifs is 1. The van der Waals surface area contributed by atoms with Crippen LogP contribution in [0, 0.1) is 0 Å². The summed E-state index contributed by atoms with van der Waals surface area (Å²) in [5.41, 5.74) is 7.82. The average Bonchev–Trinajstić information content (AvgIpc) is 3.52. The Morgan fingerprint density at radius 3 is 2.52 bits per heavy atom. The van der Waals surface area contributed by atoms with Crippen molar-refractivity contribution in [1.82, 2.24) is 19.7 Å². The molecule has 6 heteroatoms. The van der Waals surface area contributed by atoms with E-state index in [1.807, 2.05) is 29.3 Å². The highest BCUT2D eigenvalue weighted by molar-refractivity contribution is 5.95. The molecule has 4 heterocycles. The molecule has 1 N–H and O–H groups in total. The van der Waals surface area contributed by atoms with Crippen LogP contribution in [-0.4, -0.2) is 46.1 Å². The van der Waals surface area contributed by atoms with Gasteiger partial charge < -0.3 is 14.6 Å². The van der Waals surface area contributed by atoms with Crippen LogP contribution in [0.5, 0.6) is 0 Å². The molecule has 0 aliphatic carbocycles. The Hall–Kier alpha value is -3.90. The van der Waals surface area contributed by atoms with E-state index < -0.39 is 0 Å². The zero-order valence-electron chi connectivity index (χ0n) is 18.3. The summed E-state index contributed by atoms with van der Waals surface area (Å²) in [5, 5.41) is 5.68. The van der Waals surface area contributed by atoms with Crippen molar-refractivity contribution >= 4 is 16.7 Å². The molecule has 0 bridgehead atoms. The van der Waals surface area contributed by atoms with Gasteiger partial charge in [-0.25, -0.2) is 4.98 Å². The van der Waals surface area contributed by atoms with Crippen LogP contribution in [0.1, 0.15) is 5.56 Å². The number of benzene rings is 2. The Kier molecular flexibility index (Phi) is 5.13. The molecule has 5 aromatic rings. The fourth-order valence-electron chi connectivity index (χ4n) is 4.45. The molecule has 6 rings (SSSR count). The molecule has 0 saturated carbocycles. The van der Waals surface area contributed by atoms with Gasteiger partial charge in [0.15, 0.2) is 0 Å². The van der Waals surface area contributed by atoms with E-state index in [-0.39, 0.29) is 0 Å². The van der Waals surface area contributed by atoms with Gasteiger partial charge in [-0.2, -0.15) is 5.10 Å². The Bertz CT molecular complexity index is 1360. The molecule has 1 fully saturated rings. The van der Waals surface area contributed by atoms with Crippen LogP contribution in [0.4, 0.5) is 5.69 Å². The van der Waals surface area contributed by atoms with Crippen molar-refractivity contribution in [2.45, 2.75) is 6.54 Å². The third-order valence-corrected chi connectivity index (χ3v) is 6.24. The van der Waals surface area contributed by atoms with E-state index >= 15 is 0 Å². The molecule has 0 unspecified atom stereocenters. The SMILES string of the molecule is c1ccc(Cn2cc(-c3c[nH]c4ncc(-c5ccc(N6CCOCC6)cc5)cc34)cn2)cc1. The van der Waals surface area contributed by atoms with Gasteiger partial charge in [-0.15, -0.1) is 0 Å². The largest absolute Gasteiger partial charge is 0.378 e. The maximum atomic E-state index is 5.47. The number of H-pyrrole nitrogens is 1. The Balaban J connectivity index is 1.28. The van der Waals surface area contributed by atoms with Crippen molar-refractivity contribution in [2.75, 3.05) is 31.2 Å². The lowest BCUT2D eigenvalue weighted by Gasteiger charge is -2.28. The number of rotatable bonds is 5. The lowest BCUT2D eigenvalue weighted by molar-refractivity contribution is 0.122. The predicted octanol–water partition coefficient (Wildman–Crippen LogP) is 4.98. The van der Waals surface area contributed by atoms with Gasteiger partial charge >= 0.3 is 0 Å². The van der Waals surface area contributed by atoms with Crippen LogP contribution in [-0.2, 0) is 11.3 Å². The Labute approximate surface area is 192 Å². The van der Waals surface area contributed by atoms with Gasteiger partial charge in [-0.1, -0.05) is 42.5 Å². The fraction of sp³-hybridized carbons (Fsp3) is 0.185. The molecule has 1 saturated heterocycles. The molecule has 1 aliphatic rings. The van der Waals surface area contributed by atoms with Crippen LogP contribution in [0.25, 0.3) is 33.3 Å². The van der Waals surface area contributed by atoms with Gasteiger partial charge in [-0.05, 0) is 29.3 Å². The third-order valence-electron chi connectivity index (χ3n) is 6.24. The standard InChI is InChI=1S/C27H25N5O/c1-2-4-20(5-3-1)18-32-19-23(16-30-32)26-17-29-27-25(26)14-22(15-28-27)21-6-8-24(9-7-21)31-10-12-33-13-11-31/h1-9,14-17,19H,10-13,18H2,(H,28,29).